The van der Waals surface area contributed by atoms with Crippen molar-refractivity contribution in [3.05, 3.63) is 34.9 Å². The van der Waals surface area contributed by atoms with Crippen LogP contribution in [-0.4, -0.2) is 34.8 Å². The Hall–Kier alpha value is -2.08. The highest BCUT2D eigenvalue weighted by atomic mass is 35.5. The van der Waals surface area contributed by atoms with Gasteiger partial charge in [0.2, 0.25) is 5.91 Å². The van der Waals surface area contributed by atoms with E-state index in [0.717, 1.165) is 11.3 Å². The zero-order chi connectivity index (χ0) is 18.8. The molecule has 1 aromatic rings. The Balaban J connectivity index is 2.23. The van der Waals surface area contributed by atoms with Crippen LogP contribution >= 0.6 is 11.6 Å². The molecule has 1 saturated heterocycles. The molecular formula is C18H24ClN3O3. The number of imide groups is 1. The average molecular weight is 366 g/mol. The molecule has 0 spiro atoms. The molecule has 2 rings (SSSR count). The molecule has 1 aromatic carbocycles. The molecule has 1 aliphatic rings. The Kier molecular flexibility index (Phi) is 5.42. The molecule has 7 heteroatoms. The van der Waals surface area contributed by atoms with Gasteiger partial charge < -0.3 is 10.6 Å². The molecule has 136 valence electrons. The van der Waals surface area contributed by atoms with Crippen molar-refractivity contribution in [3.8, 4) is 0 Å². The van der Waals surface area contributed by atoms with Crippen molar-refractivity contribution in [1.82, 2.24) is 15.5 Å². The van der Waals surface area contributed by atoms with Crippen LogP contribution in [0.3, 0.4) is 0 Å². The van der Waals surface area contributed by atoms with Crippen LogP contribution < -0.4 is 10.6 Å². The van der Waals surface area contributed by atoms with E-state index in [4.69, 9.17) is 11.6 Å². The van der Waals surface area contributed by atoms with Gasteiger partial charge in [-0.3, -0.25) is 14.5 Å². The highest BCUT2D eigenvalue weighted by molar-refractivity contribution is 6.30. The van der Waals surface area contributed by atoms with Crippen molar-refractivity contribution >= 4 is 29.4 Å². The third kappa shape index (κ3) is 3.79. The van der Waals surface area contributed by atoms with Crippen molar-refractivity contribution in [2.24, 2.45) is 0 Å². The van der Waals surface area contributed by atoms with Crippen LogP contribution in [0.15, 0.2) is 24.3 Å². The van der Waals surface area contributed by atoms with Crippen molar-refractivity contribution in [3.63, 3.8) is 0 Å². The van der Waals surface area contributed by atoms with Gasteiger partial charge in [-0.25, -0.2) is 4.79 Å². The van der Waals surface area contributed by atoms with Crippen LogP contribution in [0.2, 0.25) is 5.02 Å². The smallest absolute Gasteiger partial charge is 0.325 e. The summed E-state index contributed by atoms with van der Waals surface area (Å²) in [6.45, 7) is 7.25. The van der Waals surface area contributed by atoms with Crippen molar-refractivity contribution in [2.75, 3.05) is 6.54 Å². The fourth-order valence-corrected chi connectivity index (χ4v) is 2.92. The number of hydrogen-bond donors (Lipinski definition) is 2. The van der Waals surface area contributed by atoms with E-state index in [-0.39, 0.29) is 12.5 Å². The number of carbonyl (C=O) groups excluding carboxylic acids is 3. The molecule has 1 heterocycles. The molecule has 0 saturated carbocycles. The first-order valence-corrected chi connectivity index (χ1v) is 8.74. The van der Waals surface area contributed by atoms with E-state index in [1.807, 2.05) is 27.7 Å². The number of benzene rings is 1. The fraction of sp³-hybridized carbons (Fsp3) is 0.500. The lowest BCUT2D eigenvalue weighted by molar-refractivity contribution is -0.135. The van der Waals surface area contributed by atoms with Gasteiger partial charge in [0, 0.05) is 10.6 Å². The van der Waals surface area contributed by atoms with Crippen LogP contribution in [0.4, 0.5) is 4.79 Å². The lowest BCUT2D eigenvalue weighted by Gasteiger charge is -2.27. The van der Waals surface area contributed by atoms with E-state index < -0.39 is 23.0 Å². The third-order valence-electron chi connectivity index (χ3n) is 4.71. The summed E-state index contributed by atoms with van der Waals surface area (Å²) in [5, 5.41) is 6.13. The molecule has 0 aliphatic carbocycles. The van der Waals surface area contributed by atoms with E-state index >= 15 is 0 Å². The molecule has 1 unspecified atom stereocenters. The second-order valence-corrected chi connectivity index (χ2v) is 7.31. The molecule has 2 N–H and O–H groups in total. The zero-order valence-electron chi connectivity index (χ0n) is 15.0. The number of carbonyl (C=O) groups is 3. The Morgan fingerprint density at radius 2 is 1.84 bits per heavy atom. The van der Waals surface area contributed by atoms with Crippen molar-refractivity contribution in [2.45, 2.75) is 51.6 Å². The first kappa shape index (κ1) is 19.2. The van der Waals surface area contributed by atoms with Crippen LogP contribution in [0.25, 0.3) is 0 Å². The molecular weight excluding hydrogens is 342 g/mol. The van der Waals surface area contributed by atoms with Gasteiger partial charge in [-0.1, -0.05) is 37.6 Å². The van der Waals surface area contributed by atoms with Crippen LogP contribution in [0.1, 0.15) is 46.1 Å². The quantitative estimate of drug-likeness (QED) is 0.761. The molecule has 0 aromatic heterocycles. The largest absolute Gasteiger partial charge is 0.350 e. The van der Waals surface area contributed by atoms with Crippen LogP contribution in [-0.2, 0) is 15.1 Å². The number of nitrogens with zero attached hydrogens (tertiary/aromatic N) is 1. The lowest BCUT2D eigenvalue weighted by Crippen LogP contribution is -2.49. The Bertz CT molecular complexity index is 687. The Morgan fingerprint density at radius 3 is 2.36 bits per heavy atom. The van der Waals surface area contributed by atoms with Crippen molar-refractivity contribution in [1.29, 1.82) is 0 Å². The van der Waals surface area contributed by atoms with E-state index in [9.17, 15) is 14.4 Å². The number of urea groups is 1. The number of amides is 4. The maximum absolute atomic E-state index is 13.0. The molecule has 6 nitrogen and oxygen atoms in total. The second kappa shape index (κ2) is 7.04. The highest BCUT2D eigenvalue weighted by Crippen LogP contribution is 2.33. The summed E-state index contributed by atoms with van der Waals surface area (Å²) in [4.78, 5) is 38.5. The third-order valence-corrected chi connectivity index (χ3v) is 4.96. The maximum Gasteiger partial charge on any atom is 0.325 e. The monoisotopic (exact) mass is 365 g/mol. The second-order valence-electron chi connectivity index (χ2n) is 6.87. The number of hydrogen-bond acceptors (Lipinski definition) is 3. The van der Waals surface area contributed by atoms with E-state index in [1.54, 1.807) is 24.3 Å². The predicted molar refractivity (Wildman–Crippen MR) is 96.2 cm³/mol. The molecule has 1 fully saturated rings. The van der Waals surface area contributed by atoms with Crippen LogP contribution in [0, 0.1) is 0 Å². The number of rotatable bonds is 6. The highest BCUT2D eigenvalue weighted by Gasteiger charge is 2.51. The molecule has 0 radical (unpaired) electrons. The Morgan fingerprint density at radius 1 is 1.24 bits per heavy atom. The minimum atomic E-state index is -1.16. The van der Waals surface area contributed by atoms with Gasteiger partial charge in [-0.2, -0.15) is 0 Å². The van der Waals surface area contributed by atoms with Crippen molar-refractivity contribution < 1.29 is 14.4 Å². The predicted octanol–water partition coefficient (Wildman–Crippen LogP) is 2.80. The van der Waals surface area contributed by atoms with Gasteiger partial charge >= 0.3 is 6.03 Å². The molecule has 1 aliphatic heterocycles. The number of halogens is 1. The average Bonchev–Trinajstić information content (AvgIpc) is 2.80. The standard InChI is InChI=1S/C18H24ClN3O3/c1-5-17(3,4)20-14(23)11-22-15(24)18(6-2,21-16(22)25)12-7-9-13(19)10-8-12/h7-10H,5-6,11H2,1-4H3,(H,20,23)(H,21,25). The summed E-state index contributed by atoms with van der Waals surface area (Å²) in [6.07, 6.45) is 1.11. The summed E-state index contributed by atoms with van der Waals surface area (Å²) < 4.78 is 0. The molecule has 0 bridgehead atoms. The summed E-state index contributed by atoms with van der Waals surface area (Å²) in [5.74, 6) is -0.787. The first-order chi connectivity index (χ1) is 11.6. The Labute approximate surface area is 152 Å². The topological polar surface area (TPSA) is 78.5 Å². The van der Waals surface area contributed by atoms with E-state index in [1.165, 1.54) is 0 Å². The summed E-state index contributed by atoms with van der Waals surface area (Å²) in [6, 6.07) is 6.22. The van der Waals surface area contributed by atoms with Crippen LogP contribution in [0.5, 0.6) is 0 Å². The fourth-order valence-electron chi connectivity index (χ4n) is 2.79. The maximum atomic E-state index is 13.0. The van der Waals surface area contributed by atoms with Gasteiger partial charge in [-0.15, -0.1) is 0 Å². The SMILES string of the molecule is CCC(C)(C)NC(=O)CN1C(=O)NC(CC)(c2ccc(Cl)cc2)C1=O. The first-order valence-electron chi connectivity index (χ1n) is 8.36. The van der Waals surface area contributed by atoms with Gasteiger partial charge in [0.1, 0.15) is 12.1 Å². The minimum absolute atomic E-state index is 0.302. The van der Waals surface area contributed by atoms with E-state index in [0.29, 0.717) is 17.0 Å². The van der Waals surface area contributed by atoms with Gasteiger partial charge in [-0.05, 0) is 44.4 Å². The van der Waals surface area contributed by atoms with E-state index in [2.05, 4.69) is 10.6 Å². The zero-order valence-corrected chi connectivity index (χ0v) is 15.7. The van der Waals surface area contributed by atoms with Gasteiger partial charge in [0.05, 0.1) is 0 Å². The summed E-state index contributed by atoms with van der Waals surface area (Å²) in [7, 11) is 0. The minimum Gasteiger partial charge on any atom is -0.350 e. The summed E-state index contributed by atoms with van der Waals surface area (Å²) >= 11 is 5.91. The van der Waals surface area contributed by atoms with Gasteiger partial charge in [0.25, 0.3) is 5.91 Å². The molecule has 1 atom stereocenters. The number of nitrogens with one attached hydrogen (secondary N) is 2. The molecule has 25 heavy (non-hydrogen) atoms. The normalized spacial score (nSPS) is 20.6. The lowest BCUT2D eigenvalue weighted by atomic mass is 9.87. The molecule has 4 amide bonds. The summed E-state index contributed by atoms with van der Waals surface area (Å²) in [5.41, 5.74) is -0.911. The van der Waals surface area contributed by atoms with Gasteiger partial charge in [0.15, 0.2) is 0 Å².